The Bertz CT molecular complexity index is 272. The highest BCUT2D eigenvalue weighted by Crippen LogP contribution is 2.15. The molecule has 0 aromatic rings. The molecule has 1 heterocycles. The lowest BCUT2D eigenvalue weighted by Gasteiger charge is -2.20. The van der Waals surface area contributed by atoms with Gasteiger partial charge in [0, 0.05) is 12.8 Å². The second kappa shape index (κ2) is 4.88. The average molecular weight is 215 g/mol. The van der Waals surface area contributed by atoms with Crippen LogP contribution in [0.5, 0.6) is 0 Å². The fraction of sp³-hybridized carbons (Fsp3) is 0.667. The van der Waals surface area contributed by atoms with Crippen molar-refractivity contribution in [1.29, 1.82) is 0 Å². The van der Waals surface area contributed by atoms with E-state index in [-0.39, 0.29) is 37.9 Å². The lowest BCUT2D eigenvalue weighted by Crippen LogP contribution is -2.43. The van der Waals surface area contributed by atoms with Crippen LogP contribution >= 0.6 is 0 Å². The third kappa shape index (κ3) is 2.53. The van der Waals surface area contributed by atoms with Gasteiger partial charge in [0.25, 0.3) is 0 Å². The number of carbonyl (C=O) groups is 3. The molecule has 1 fully saturated rings. The Morgan fingerprint density at radius 1 is 1.47 bits per heavy atom. The second-order valence-corrected chi connectivity index (χ2v) is 3.22. The van der Waals surface area contributed by atoms with Crippen LogP contribution < -0.4 is 0 Å². The van der Waals surface area contributed by atoms with Crippen LogP contribution in [-0.4, -0.2) is 47.0 Å². The first kappa shape index (κ1) is 11.6. The molecule has 1 unspecified atom stereocenters. The normalized spacial score (nSPS) is 18.1. The molecular formula is C9H13NO5. The summed E-state index contributed by atoms with van der Waals surface area (Å²) in [5.74, 6) is -1.38. The van der Waals surface area contributed by atoms with Crippen molar-refractivity contribution in [3.8, 4) is 0 Å². The van der Waals surface area contributed by atoms with Crippen molar-refractivity contribution in [3.05, 3.63) is 0 Å². The van der Waals surface area contributed by atoms with E-state index < -0.39 is 12.0 Å². The first-order valence-corrected chi connectivity index (χ1v) is 4.70. The smallest absolute Gasteiger partial charge is 0.329 e. The Balaban J connectivity index is 2.58. The number of carbonyl (C=O) groups excluding carboxylic acids is 3. The quantitative estimate of drug-likeness (QED) is 0.483. The van der Waals surface area contributed by atoms with Crippen LogP contribution in [-0.2, 0) is 19.1 Å². The van der Waals surface area contributed by atoms with Gasteiger partial charge in [0.2, 0.25) is 11.8 Å². The van der Waals surface area contributed by atoms with E-state index >= 15 is 0 Å². The molecule has 6 heteroatoms. The topological polar surface area (TPSA) is 83.9 Å². The summed E-state index contributed by atoms with van der Waals surface area (Å²) in [6.07, 6.45) is 0.299. The van der Waals surface area contributed by atoms with E-state index in [0.717, 1.165) is 4.90 Å². The van der Waals surface area contributed by atoms with Gasteiger partial charge < -0.3 is 9.84 Å². The summed E-state index contributed by atoms with van der Waals surface area (Å²) in [7, 11) is 0. The molecule has 0 aromatic heterocycles. The van der Waals surface area contributed by atoms with Crippen molar-refractivity contribution < 1.29 is 24.2 Å². The molecule has 1 atom stereocenters. The first-order valence-electron chi connectivity index (χ1n) is 4.70. The maximum absolute atomic E-state index is 11.3. The molecular weight excluding hydrogens is 202 g/mol. The maximum atomic E-state index is 11.3. The predicted molar refractivity (Wildman–Crippen MR) is 48.6 cm³/mol. The molecule has 84 valence electrons. The third-order valence-electron chi connectivity index (χ3n) is 2.15. The van der Waals surface area contributed by atoms with Gasteiger partial charge in [-0.05, 0) is 6.92 Å². The molecule has 0 bridgehead atoms. The van der Waals surface area contributed by atoms with Gasteiger partial charge in [-0.2, -0.15) is 0 Å². The van der Waals surface area contributed by atoms with E-state index in [1.54, 1.807) is 0 Å². The summed E-state index contributed by atoms with van der Waals surface area (Å²) in [5.41, 5.74) is 0. The van der Waals surface area contributed by atoms with Gasteiger partial charge in [-0.15, -0.1) is 0 Å². The Morgan fingerprint density at radius 3 is 2.47 bits per heavy atom. The number of aliphatic hydroxyl groups is 1. The van der Waals surface area contributed by atoms with Crippen molar-refractivity contribution in [3.63, 3.8) is 0 Å². The van der Waals surface area contributed by atoms with Crippen molar-refractivity contribution in [1.82, 2.24) is 4.90 Å². The van der Waals surface area contributed by atoms with Crippen LogP contribution in [0.4, 0.5) is 0 Å². The Labute approximate surface area is 86.8 Å². The molecule has 1 saturated heterocycles. The van der Waals surface area contributed by atoms with Gasteiger partial charge in [0.1, 0.15) is 12.6 Å². The molecule has 1 aliphatic rings. The Kier molecular flexibility index (Phi) is 3.79. The zero-order valence-electron chi connectivity index (χ0n) is 8.43. The van der Waals surface area contributed by atoms with Crippen LogP contribution in [0.15, 0.2) is 0 Å². The average Bonchev–Trinajstić information content (AvgIpc) is 2.54. The number of rotatable bonds is 4. The van der Waals surface area contributed by atoms with Crippen LogP contribution in [0.1, 0.15) is 19.8 Å². The monoisotopic (exact) mass is 215 g/mol. The van der Waals surface area contributed by atoms with Gasteiger partial charge in [-0.1, -0.05) is 0 Å². The number of hydrogen-bond acceptors (Lipinski definition) is 5. The standard InChI is InChI=1S/C9H13NO5/c1-6(9(14)15-5-4-11)10-7(12)2-3-8(10)13/h6,11H,2-5H2,1H3. The SMILES string of the molecule is CC(C(=O)OCCO)N1C(=O)CCC1=O. The largest absolute Gasteiger partial charge is 0.462 e. The van der Waals surface area contributed by atoms with Crippen LogP contribution in [0, 0.1) is 0 Å². The maximum Gasteiger partial charge on any atom is 0.329 e. The number of aliphatic hydroxyl groups excluding tert-OH is 1. The van der Waals surface area contributed by atoms with Gasteiger partial charge in [0.05, 0.1) is 6.61 Å². The van der Waals surface area contributed by atoms with Crippen LogP contribution in [0.3, 0.4) is 0 Å². The van der Waals surface area contributed by atoms with E-state index in [4.69, 9.17) is 5.11 Å². The minimum absolute atomic E-state index is 0.126. The molecule has 2 amide bonds. The summed E-state index contributed by atoms with van der Waals surface area (Å²) >= 11 is 0. The zero-order valence-corrected chi connectivity index (χ0v) is 8.43. The van der Waals surface area contributed by atoms with Crippen LogP contribution in [0.2, 0.25) is 0 Å². The molecule has 15 heavy (non-hydrogen) atoms. The molecule has 0 aliphatic carbocycles. The van der Waals surface area contributed by atoms with E-state index in [1.807, 2.05) is 0 Å². The Morgan fingerprint density at radius 2 is 2.00 bits per heavy atom. The Hall–Kier alpha value is -1.43. The number of hydrogen-bond donors (Lipinski definition) is 1. The second-order valence-electron chi connectivity index (χ2n) is 3.22. The lowest BCUT2D eigenvalue weighted by atomic mass is 10.3. The summed E-state index contributed by atoms with van der Waals surface area (Å²) < 4.78 is 4.63. The highest BCUT2D eigenvalue weighted by atomic mass is 16.5. The minimum atomic E-state index is -0.904. The molecule has 1 rings (SSSR count). The van der Waals surface area contributed by atoms with E-state index in [2.05, 4.69) is 4.74 Å². The third-order valence-corrected chi connectivity index (χ3v) is 2.15. The number of imide groups is 1. The fourth-order valence-electron chi connectivity index (χ4n) is 1.40. The molecule has 0 spiro atoms. The van der Waals surface area contributed by atoms with Gasteiger partial charge >= 0.3 is 5.97 Å². The number of ether oxygens (including phenoxy) is 1. The number of likely N-dealkylation sites (tertiary alicyclic amines) is 1. The fourth-order valence-corrected chi connectivity index (χ4v) is 1.40. The van der Waals surface area contributed by atoms with E-state index in [9.17, 15) is 14.4 Å². The molecule has 0 radical (unpaired) electrons. The summed E-state index contributed by atoms with van der Waals surface area (Å²) in [6.45, 7) is 1.03. The van der Waals surface area contributed by atoms with E-state index in [0.29, 0.717) is 0 Å². The molecule has 1 aliphatic heterocycles. The number of amides is 2. The molecule has 6 nitrogen and oxygen atoms in total. The molecule has 1 N–H and O–H groups in total. The summed E-state index contributed by atoms with van der Waals surface area (Å²) in [6, 6.07) is -0.904. The van der Waals surface area contributed by atoms with Crippen molar-refractivity contribution in [2.45, 2.75) is 25.8 Å². The van der Waals surface area contributed by atoms with Crippen LogP contribution in [0.25, 0.3) is 0 Å². The summed E-state index contributed by atoms with van der Waals surface area (Å²) in [5, 5.41) is 8.44. The minimum Gasteiger partial charge on any atom is -0.462 e. The van der Waals surface area contributed by atoms with Crippen molar-refractivity contribution >= 4 is 17.8 Å². The molecule has 0 aromatic carbocycles. The predicted octanol–water partition coefficient (Wildman–Crippen LogP) is -0.941. The number of nitrogens with zero attached hydrogens (tertiary/aromatic N) is 1. The summed E-state index contributed by atoms with van der Waals surface area (Å²) in [4.78, 5) is 34.7. The van der Waals surface area contributed by atoms with E-state index in [1.165, 1.54) is 6.92 Å². The zero-order chi connectivity index (χ0) is 11.4. The number of esters is 1. The van der Waals surface area contributed by atoms with Crippen molar-refractivity contribution in [2.24, 2.45) is 0 Å². The van der Waals surface area contributed by atoms with Gasteiger partial charge in [-0.25, -0.2) is 4.79 Å². The highest BCUT2D eigenvalue weighted by Gasteiger charge is 2.36. The van der Waals surface area contributed by atoms with Crippen molar-refractivity contribution in [2.75, 3.05) is 13.2 Å². The lowest BCUT2D eigenvalue weighted by molar-refractivity contribution is -0.158. The first-order chi connectivity index (χ1) is 7.07. The molecule has 0 saturated carbocycles. The van der Waals surface area contributed by atoms with Gasteiger partial charge in [-0.3, -0.25) is 14.5 Å². The van der Waals surface area contributed by atoms with Gasteiger partial charge in [0.15, 0.2) is 0 Å². The highest BCUT2D eigenvalue weighted by molar-refractivity contribution is 6.04.